The van der Waals surface area contributed by atoms with E-state index in [1.807, 2.05) is 62.4 Å². The van der Waals surface area contributed by atoms with Crippen molar-refractivity contribution in [1.29, 1.82) is 0 Å². The summed E-state index contributed by atoms with van der Waals surface area (Å²) in [6, 6.07) is 23.1. The van der Waals surface area contributed by atoms with Gasteiger partial charge >= 0.3 is 5.97 Å². The minimum atomic E-state index is -0.682. The molecule has 1 unspecified atom stereocenters. The molecule has 0 aromatic heterocycles. The molecule has 7 heteroatoms. The summed E-state index contributed by atoms with van der Waals surface area (Å²) in [5, 5.41) is 6.52. The first-order chi connectivity index (χ1) is 18.9. The number of rotatable bonds is 16. The summed E-state index contributed by atoms with van der Waals surface area (Å²) >= 11 is 0. The minimum Gasteiger partial charge on any atom is -0.492 e. The standard InChI is InChI=1S/C32H38N2O5/c1-23(2)30(35)14-9-19-33-20-21-39-26-17-15-24(16-18-26)22-29(32(37)38-3)34-28-13-8-7-12-27(28)31(36)25-10-5-4-6-11-25/h4-8,10-13,15-18,23,29,33-34H,9,14,19-22H2,1-3H3. The molecule has 206 valence electrons. The van der Waals surface area contributed by atoms with Gasteiger partial charge in [0.25, 0.3) is 0 Å². The van der Waals surface area contributed by atoms with Crippen LogP contribution in [-0.4, -0.2) is 50.4 Å². The maximum absolute atomic E-state index is 13.1. The number of carbonyl (C=O) groups excluding carboxylic acids is 3. The summed E-state index contributed by atoms with van der Waals surface area (Å²) in [6.45, 7) is 5.83. The SMILES string of the molecule is COC(=O)C(Cc1ccc(OCCNCCCC(=O)C(C)C)cc1)Nc1ccccc1C(=O)c1ccccc1. The Hall–Kier alpha value is -3.97. The third kappa shape index (κ3) is 9.37. The number of ether oxygens (including phenoxy) is 2. The van der Waals surface area contributed by atoms with E-state index in [4.69, 9.17) is 9.47 Å². The molecule has 0 aliphatic carbocycles. The van der Waals surface area contributed by atoms with Crippen LogP contribution in [0.4, 0.5) is 5.69 Å². The predicted molar refractivity (Wildman–Crippen MR) is 153 cm³/mol. The number of esters is 1. The molecule has 0 aliphatic heterocycles. The van der Waals surface area contributed by atoms with Crippen LogP contribution < -0.4 is 15.4 Å². The monoisotopic (exact) mass is 530 g/mol. The van der Waals surface area contributed by atoms with Crippen LogP contribution in [0.2, 0.25) is 0 Å². The number of methoxy groups -OCH3 is 1. The molecule has 3 aromatic carbocycles. The third-order valence-corrected chi connectivity index (χ3v) is 6.35. The highest BCUT2D eigenvalue weighted by molar-refractivity contribution is 6.12. The van der Waals surface area contributed by atoms with Gasteiger partial charge in [-0.15, -0.1) is 0 Å². The summed E-state index contributed by atoms with van der Waals surface area (Å²) in [5.41, 5.74) is 2.56. The van der Waals surface area contributed by atoms with E-state index < -0.39 is 12.0 Å². The lowest BCUT2D eigenvalue weighted by molar-refractivity contribution is -0.141. The summed E-state index contributed by atoms with van der Waals surface area (Å²) < 4.78 is 10.9. The van der Waals surface area contributed by atoms with Gasteiger partial charge in [0.2, 0.25) is 0 Å². The molecule has 0 spiro atoms. The Balaban J connectivity index is 1.55. The smallest absolute Gasteiger partial charge is 0.328 e. The van der Waals surface area contributed by atoms with Crippen molar-refractivity contribution in [2.24, 2.45) is 5.92 Å². The first kappa shape index (κ1) is 29.6. The highest BCUT2D eigenvalue weighted by atomic mass is 16.5. The zero-order valence-electron chi connectivity index (χ0n) is 22.9. The lowest BCUT2D eigenvalue weighted by Gasteiger charge is -2.20. The number of ketones is 2. The normalized spacial score (nSPS) is 11.6. The molecule has 7 nitrogen and oxygen atoms in total. The number of nitrogens with one attached hydrogen (secondary N) is 2. The van der Waals surface area contributed by atoms with Crippen molar-refractivity contribution < 1.29 is 23.9 Å². The van der Waals surface area contributed by atoms with Crippen molar-refractivity contribution in [2.45, 2.75) is 39.2 Å². The zero-order valence-corrected chi connectivity index (χ0v) is 22.9. The highest BCUT2D eigenvalue weighted by Gasteiger charge is 2.22. The van der Waals surface area contributed by atoms with Crippen LogP contribution in [0.1, 0.15) is 48.2 Å². The van der Waals surface area contributed by atoms with Crippen molar-refractivity contribution in [3.05, 3.63) is 95.6 Å². The van der Waals surface area contributed by atoms with Gasteiger partial charge in [0.05, 0.1) is 7.11 Å². The molecule has 0 bridgehead atoms. The Morgan fingerprint density at radius 2 is 1.54 bits per heavy atom. The van der Waals surface area contributed by atoms with Gasteiger partial charge in [0.1, 0.15) is 24.2 Å². The topological polar surface area (TPSA) is 93.7 Å². The molecular weight excluding hydrogens is 492 g/mol. The maximum atomic E-state index is 13.1. The van der Waals surface area contributed by atoms with Crippen molar-refractivity contribution in [1.82, 2.24) is 5.32 Å². The van der Waals surface area contributed by atoms with E-state index in [0.29, 0.717) is 48.6 Å². The van der Waals surface area contributed by atoms with Gasteiger partial charge < -0.3 is 20.1 Å². The summed E-state index contributed by atoms with van der Waals surface area (Å²) in [7, 11) is 1.35. The average Bonchev–Trinajstić information content (AvgIpc) is 2.96. The first-order valence-corrected chi connectivity index (χ1v) is 13.4. The van der Waals surface area contributed by atoms with Gasteiger partial charge in [0.15, 0.2) is 5.78 Å². The van der Waals surface area contributed by atoms with Crippen LogP contribution in [-0.2, 0) is 20.7 Å². The van der Waals surface area contributed by atoms with E-state index in [1.165, 1.54) is 7.11 Å². The predicted octanol–water partition coefficient (Wildman–Crippen LogP) is 5.09. The molecule has 2 N–H and O–H groups in total. The number of Topliss-reactive ketones (excluding diaryl/α,β-unsaturated/α-hetero) is 1. The first-order valence-electron chi connectivity index (χ1n) is 13.4. The van der Waals surface area contributed by atoms with Crippen LogP contribution in [0, 0.1) is 5.92 Å². The van der Waals surface area contributed by atoms with Crippen LogP contribution >= 0.6 is 0 Å². The van der Waals surface area contributed by atoms with Crippen molar-refractivity contribution in [3.8, 4) is 5.75 Å². The fourth-order valence-electron chi connectivity index (χ4n) is 4.08. The van der Waals surface area contributed by atoms with E-state index in [1.54, 1.807) is 30.3 Å². The van der Waals surface area contributed by atoms with Gasteiger partial charge in [-0.1, -0.05) is 68.4 Å². The summed E-state index contributed by atoms with van der Waals surface area (Å²) in [4.78, 5) is 37.4. The fourth-order valence-corrected chi connectivity index (χ4v) is 4.08. The van der Waals surface area contributed by atoms with E-state index in [0.717, 1.165) is 24.3 Å². The molecule has 0 saturated heterocycles. The number of hydrogen-bond donors (Lipinski definition) is 2. The Bertz CT molecular complexity index is 1210. The van der Waals surface area contributed by atoms with Gasteiger partial charge in [0, 0.05) is 42.1 Å². The van der Waals surface area contributed by atoms with Gasteiger partial charge in [-0.2, -0.15) is 0 Å². The largest absolute Gasteiger partial charge is 0.492 e. The second-order valence-corrected chi connectivity index (χ2v) is 9.63. The number of hydrogen-bond acceptors (Lipinski definition) is 7. The Morgan fingerprint density at radius 1 is 0.846 bits per heavy atom. The number of benzene rings is 3. The molecule has 0 amide bonds. The van der Waals surface area contributed by atoms with Crippen LogP contribution in [0.3, 0.4) is 0 Å². The minimum absolute atomic E-state index is 0.0923. The lowest BCUT2D eigenvalue weighted by Crippen LogP contribution is -2.33. The molecule has 3 aromatic rings. The van der Waals surface area contributed by atoms with Crippen LogP contribution in [0.5, 0.6) is 5.75 Å². The second-order valence-electron chi connectivity index (χ2n) is 9.63. The van der Waals surface area contributed by atoms with E-state index in [-0.39, 0.29) is 11.7 Å². The van der Waals surface area contributed by atoms with E-state index in [2.05, 4.69) is 10.6 Å². The molecule has 0 fully saturated rings. The van der Waals surface area contributed by atoms with Gasteiger partial charge in [-0.05, 0) is 42.8 Å². The molecule has 39 heavy (non-hydrogen) atoms. The lowest BCUT2D eigenvalue weighted by atomic mass is 10.00. The Labute approximate surface area is 230 Å². The molecule has 0 radical (unpaired) electrons. The summed E-state index contributed by atoms with van der Waals surface area (Å²) in [5.74, 6) is 0.579. The van der Waals surface area contributed by atoms with Gasteiger partial charge in [-0.3, -0.25) is 9.59 Å². The molecule has 1 atom stereocenters. The average molecular weight is 531 g/mol. The van der Waals surface area contributed by atoms with Gasteiger partial charge in [-0.25, -0.2) is 4.79 Å². The van der Waals surface area contributed by atoms with Crippen LogP contribution in [0.25, 0.3) is 0 Å². The number of anilines is 1. The van der Waals surface area contributed by atoms with E-state index >= 15 is 0 Å². The van der Waals surface area contributed by atoms with Crippen molar-refractivity contribution >= 4 is 23.2 Å². The highest BCUT2D eigenvalue weighted by Crippen LogP contribution is 2.22. The second kappa shape index (κ2) is 15.4. The van der Waals surface area contributed by atoms with E-state index in [9.17, 15) is 14.4 Å². The third-order valence-electron chi connectivity index (χ3n) is 6.35. The number of para-hydroxylation sites is 1. The maximum Gasteiger partial charge on any atom is 0.328 e. The zero-order chi connectivity index (χ0) is 28.0. The van der Waals surface area contributed by atoms with Crippen molar-refractivity contribution in [2.75, 3.05) is 32.1 Å². The Morgan fingerprint density at radius 3 is 2.23 bits per heavy atom. The molecular formula is C32H38N2O5. The fraction of sp³-hybridized carbons (Fsp3) is 0.344. The quantitative estimate of drug-likeness (QED) is 0.151. The summed E-state index contributed by atoms with van der Waals surface area (Å²) in [6.07, 6.45) is 1.80. The van der Waals surface area contributed by atoms with Crippen LogP contribution in [0.15, 0.2) is 78.9 Å². The molecule has 0 aliphatic rings. The van der Waals surface area contributed by atoms with Crippen molar-refractivity contribution in [3.63, 3.8) is 0 Å². The number of carbonyl (C=O) groups is 3. The Kier molecular flexibility index (Phi) is 11.7. The molecule has 0 saturated carbocycles. The molecule has 3 rings (SSSR count). The molecule has 0 heterocycles.